The zero-order valence-electron chi connectivity index (χ0n) is 17.8. The van der Waals surface area contributed by atoms with E-state index < -0.39 is 35.9 Å². The second kappa shape index (κ2) is 11.2. The van der Waals surface area contributed by atoms with Crippen molar-refractivity contribution in [2.24, 2.45) is 0 Å². The summed E-state index contributed by atoms with van der Waals surface area (Å²) in [6.07, 6.45) is 0.0673. The Hall–Kier alpha value is -3.10. The van der Waals surface area contributed by atoms with Gasteiger partial charge in [0.15, 0.2) is 0 Å². The predicted molar refractivity (Wildman–Crippen MR) is 123 cm³/mol. The molecule has 33 heavy (non-hydrogen) atoms. The van der Waals surface area contributed by atoms with Crippen LogP contribution in [-0.2, 0) is 36.8 Å². The van der Waals surface area contributed by atoms with E-state index >= 15 is 0 Å². The van der Waals surface area contributed by atoms with Crippen LogP contribution in [0.15, 0.2) is 48.5 Å². The molecule has 3 atom stereocenters. The molecule has 0 saturated carbocycles. The molecule has 3 N–H and O–H groups in total. The maximum atomic E-state index is 12.6. The largest absolute Gasteiger partial charge is 0.467 e. The quantitative estimate of drug-likeness (QED) is 0.487. The van der Waals surface area contributed by atoms with Gasteiger partial charge in [-0.3, -0.25) is 14.4 Å². The molecule has 3 rings (SSSR count). The zero-order chi connectivity index (χ0) is 24.0. The molecule has 2 aromatic carbocycles. The van der Waals surface area contributed by atoms with Gasteiger partial charge in [0.25, 0.3) is 0 Å². The van der Waals surface area contributed by atoms with Crippen LogP contribution in [0.4, 0.5) is 0 Å². The molecule has 0 spiro atoms. The molecular formula is C23H23Cl2N3O5. The topological polar surface area (TPSA) is 114 Å². The number of amides is 3. The first kappa shape index (κ1) is 24.5. The number of benzene rings is 2. The fourth-order valence-electron chi connectivity index (χ4n) is 3.49. The highest BCUT2D eigenvalue weighted by molar-refractivity contribution is 6.35. The zero-order valence-corrected chi connectivity index (χ0v) is 19.3. The number of hydrogen-bond donors (Lipinski definition) is 3. The highest BCUT2D eigenvalue weighted by Crippen LogP contribution is 2.22. The molecule has 0 radical (unpaired) electrons. The van der Waals surface area contributed by atoms with Gasteiger partial charge >= 0.3 is 5.97 Å². The second-order valence-corrected chi connectivity index (χ2v) is 8.44. The number of piperazine rings is 1. The average molecular weight is 492 g/mol. The smallest absolute Gasteiger partial charge is 0.328 e. The van der Waals surface area contributed by atoms with E-state index in [1.165, 1.54) is 13.2 Å². The standard InChI is InChI=1S/C23H23Cl2N3O5/c1-33-23(32)19(10-14-7-8-15(24)11-16(14)25)26-20(29)12-18-22(31)27-17(21(30)28-18)9-13-5-3-2-4-6-13/h2-8,11,17-19H,9-10,12H2,1H3,(H,26,29)(H,27,31)(H,28,30)/t17-,18-,19+/m0/s1. The molecule has 0 bridgehead atoms. The van der Waals surface area contributed by atoms with Crippen molar-refractivity contribution in [1.82, 2.24) is 16.0 Å². The summed E-state index contributed by atoms with van der Waals surface area (Å²) in [7, 11) is 1.20. The average Bonchev–Trinajstić information content (AvgIpc) is 2.78. The SMILES string of the molecule is COC(=O)[C@@H](Cc1ccc(Cl)cc1Cl)NC(=O)C[C@@H]1NC(=O)[C@H](Cc2ccccc2)NC1=O. The number of halogens is 2. The lowest BCUT2D eigenvalue weighted by Crippen LogP contribution is -2.63. The minimum absolute atomic E-state index is 0.0663. The Morgan fingerprint density at radius 2 is 1.70 bits per heavy atom. The summed E-state index contributed by atoms with van der Waals surface area (Å²) < 4.78 is 4.78. The Balaban J connectivity index is 1.60. The van der Waals surface area contributed by atoms with Crippen LogP contribution in [0.2, 0.25) is 10.0 Å². The van der Waals surface area contributed by atoms with Crippen molar-refractivity contribution in [2.45, 2.75) is 37.4 Å². The van der Waals surface area contributed by atoms with E-state index in [9.17, 15) is 19.2 Å². The fraction of sp³-hybridized carbons (Fsp3) is 0.304. The highest BCUT2D eigenvalue weighted by atomic mass is 35.5. The summed E-state index contributed by atoms with van der Waals surface area (Å²) in [6.45, 7) is 0. The molecule has 1 fully saturated rings. The highest BCUT2D eigenvalue weighted by Gasteiger charge is 2.35. The number of hydrogen-bond acceptors (Lipinski definition) is 5. The molecule has 1 aliphatic rings. The molecule has 0 aliphatic carbocycles. The molecule has 10 heteroatoms. The number of ether oxygens (including phenoxy) is 1. The Bertz CT molecular complexity index is 1050. The first-order valence-corrected chi connectivity index (χ1v) is 11.0. The number of rotatable bonds is 8. The van der Waals surface area contributed by atoms with E-state index in [0.717, 1.165) is 5.56 Å². The van der Waals surface area contributed by atoms with Crippen molar-refractivity contribution in [3.8, 4) is 0 Å². The van der Waals surface area contributed by atoms with Crippen LogP contribution in [0.25, 0.3) is 0 Å². The van der Waals surface area contributed by atoms with Crippen LogP contribution in [-0.4, -0.2) is 48.9 Å². The van der Waals surface area contributed by atoms with Crippen LogP contribution < -0.4 is 16.0 Å². The fourth-order valence-corrected chi connectivity index (χ4v) is 3.98. The number of carbonyl (C=O) groups excluding carboxylic acids is 4. The number of nitrogens with one attached hydrogen (secondary N) is 3. The second-order valence-electron chi connectivity index (χ2n) is 7.60. The maximum absolute atomic E-state index is 12.6. The van der Waals surface area contributed by atoms with Crippen LogP contribution >= 0.6 is 23.2 Å². The van der Waals surface area contributed by atoms with Crippen molar-refractivity contribution in [1.29, 1.82) is 0 Å². The van der Waals surface area contributed by atoms with E-state index in [2.05, 4.69) is 16.0 Å². The van der Waals surface area contributed by atoms with Crippen LogP contribution in [0.1, 0.15) is 17.5 Å². The van der Waals surface area contributed by atoms with Gasteiger partial charge in [0.2, 0.25) is 17.7 Å². The minimum atomic E-state index is -1.05. The lowest BCUT2D eigenvalue weighted by molar-refractivity contribution is -0.145. The van der Waals surface area contributed by atoms with Gasteiger partial charge in [-0.2, -0.15) is 0 Å². The van der Waals surface area contributed by atoms with Gasteiger partial charge < -0.3 is 20.7 Å². The van der Waals surface area contributed by atoms with Crippen LogP contribution in [0, 0.1) is 0 Å². The van der Waals surface area contributed by atoms with Gasteiger partial charge in [-0.25, -0.2) is 4.79 Å². The van der Waals surface area contributed by atoms with Gasteiger partial charge in [-0.1, -0.05) is 59.6 Å². The van der Waals surface area contributed by atoms with Crippen LogP contribution in [0.5, 0.6) is 0 Å². The minimum Gasteiger partial charge on any atom is -0.467 e. The van der Waals surface area contributed by atoms with E-state index in [1.807, 2.05) is 30.3 Å². The molecule has 0 unspecified atom stereocenters. The first-order chi connectivity index (χ1) is 15.8. The lowest BCUT2D eigenvalue weighted by Gasteiger charge is -2.29. The van der Waals surface area contributed by atoms with E-state index in [1.54, 1.807) is 12.1 Å². The van der Waals surface area contributed by atoms with Crippen molar-refractivity contribution < 1.29 is 23.9 Å². The lowest BCUT2D eigenvalue weighted by atomic mass is 10.0. The normalized spacial score (nSPS) is 18.6. The van der Waals surface area contributed by atoms with E-state index in [-0.39, 0.29) is 18.7 Å². The third kappa shape index (κ3) is 6.69. The third-order valence-corrected chi connectivity index (χ3v) is 5.79. The summed E-state index contributed by atoms with van der Waals surface area (Å²) in [5, 5.41) is 8.58. The van der Waals surface area contributed by atoms with Gasteiger partial charge in [-0.05, 0) is 23.3 Å². The molecule has 1 aliphatic heterocycles. The van der Waals surface area contributed by atoms with Gasteiger partial charge in [0.1, 0.15) is 18.1 Å². The van der Waals surface area contributed by atoms with E-state index in [0.29, 0.717) is 22.0 Å². The van der Waals surface area contributed by atoms with Crippen molar-refractivity contribution >= 4 is 46.9 Å². The van der Waals surface area contributed by atoms with Crippen LogP contribution in [0.3, 0.4) is 0 Å². The summed E-state index contributed by atoms with van der Waals surface area (Å²) >= 11 is 12.1. The molecule has 1 heterocycles. The van der Waals surface area contributed by atoms with Gasteiger partial charge in [0.05, 0.1) is 13.5 Å². The van der Waals surface area contributed by atoms with Crippen molar-refractivity contribution in [2.75, 3.05) is 7.11 Å². The Morgan fingerprint density at radius 1 is 1.03 bits per heavy atom. The first-order valence-electron chi connectivity index (χ1n) is 10.2. The molecule has 8 nitrogen and oxygen atoms in total. The Labute approximate surface area is 201 Å². The van der Waals surface area contributed by atoms with E-state index in [4.69, 9.17) is 27.9 Å². The molecule has 1 saturated heterocycles. The predicted octanol–water partition coefficient (Wildman–Crippen LogP) is 1.81. The Morgan fingerprint density at radius 3 is 2.36 bits per heavy atom. The van der Waals surface area contributed by atoms with Gasteiger partial charge in [-0.15, -0.1) is 0 Å². The molecule has 2 aromatic rings. The number of esters is 1. The van der Waals surface area contributed by atoms with Crippen molar-refractivity contribution in [3.05, 3.63) is 69.7 Å². The van der Waals surface area contributed by atoms with Gasteiger partial charge in [0, 0.05) is 22.9 Å². The summed E-state index contributed by atoms with van der Waals surface area (Å²) in [5.41, 5.74) is 1.49. The monoisotopic (exact) mass is 491 g/mol. The number of methoxy groups -OCH3 is 1. The molecule has 0 aromatic heterocycles. The van der Waals surface area contributed by atoms with Crippen molar-refractivity contribution in [3.63, 3.8) is 0 Å². The summed E-state index contributed by atoms with van der Waals surface area (Å²) in [5.74, 6) is -2.12. The molecular weight excluding hydrogens is 469 g/mol. The third-order valence-electron chi connectivity index (χ3n) is 5.20. The Kier molecular flexibility index (Phi) is 8.30. The molecule has 174 valence electrons. The summed E-state index contributed by atoms with van der Waals surface area (Å²) in [6, 6.07) is 11.3. The maximum Gasteiger partial charge on any atom is 0.328 e. The number of carbonyl (C=O) groups is 4. The summed E-state index contributed by atoms with van der Waals surface area (Å²) in [4.78, 5) is 49.7. The molecule has 3 amide bonds.